The molecule has 1 aliphatic heterocycles. The Labute approximate surface area is 130 Å². The number of anilines is 2. The van der Waals surface area contributed by atoms with Crippen molar-refractivity contribution >= 4 is 23.0 Å². The van der Waals surface area contributed by atoms with Crippen LogP contribution in [0.25, 0.3) is 0 Å². The fraction of sp³-hybridized carbons (Fsp3) is 0.312. The molecule has 1 fully saturated rings. The van der Waals surface area contributed by atoms with Gasteiger partial charge in [0.25, 0.3) is 0 Å². The fourth-order valence-corrected chi connectivity index (χ4v) is 2.73. The second kappa shape index (κ2) is 6.33. The standard InChI is InChI=1S/C16H19ClN4/c17-13-1-4-15(5-2-13)20-7-9-21(10-8-20)16-6-3-14(11-18)19-12-16/h1-6,12H,7-11,18H2. The van der Waals surface area contributed by atoms with E-state index >= 15 is 0 Å². The summed E-state index contributed by atoms with van der Waals surface area (Å²) in [5.74, 6) is 0. The Kier molecular flexibility index (Phi) is 4.27. The van der Waals surface area contributed by atoms with Gasteiger partial charge in [-0.05, 0) is 36.4 Å². The zero-order valence-corrected chi connectivity index (χ0v) is 12.6. The van der Waals surface area contributed by atoms with Gasteiger partial charge in [-0.25, -0.2) is 0 Å². The molecule has 0 aliphatic carbocycles. The van der Waals surface area contributed by atoms with E-state index in [4.69, 9.17) is 17.3 Å². The summed E-state index contributed by atoms with van der Waals surface area (Å²) in [6, 6.07) is 12.1. The van der Waals surface area contributed by atoms with E-state index < -0.39 is 0 Å². The molecule has 0 saturated carbocycles. The average Bonchev–Trinajstić information content (AvgIpc) is 2.56. The molecule has 0 amide bonds. The number of hydrogen-bond acceptors (Lipinski definition) is 4. The molecule has 1 aromatic carbocycles. The summed E-state index contributed by atoms with van der Waals surface area (Å²) >= 11 is 5.94. The summed E-state index contributed by atoms with van der Waals surface area (Å²) in [5, 5.41) is 0.781. The Hall–Kier alpha value is -1.78. The van der Waals surface area contributed by atoms with Crippen molar-refractivity contribution in [3.63, 3.8) is 0 Å². The highest BCUT2D eigenvalue weighted by atomic mass is 35.5. The molecule has 0 spiro atoms. The van der Waals surface area contributed by atoms with Gasteiger partial charge >= 0.3 is 0 Å². The van der Waals surface area contributed by atoms with E-state index in [1.807, 2.05) is 24.4 Å². The van der Waals surface area contributed by atoms with Crippen LogP contribution in [0.15, 0.2) is 42.6 Å². The van der Waals surface area contributed by atoms with E-state index in [1.165, 1.54) is 11.4 Å². The molecule has 5 heteroatoms. The SMILES string of the molecule is NCc1ccc(N2CCN(c3ccc(Cl)cc3)CC2)cn1. The molecule has 2 heterocycles. The first-order valence-electron chi connectivity index (χ1n) is 7.17. The number of halogens is 1. The second-order valence-corrected chi connectivity index (χ2v) is 5.60. The van der Waals surface area contributed by atoms with Crippen LogP contribution in [0.5, 0.6) is 0 Å². The lowest BCUT2D eigenvalue weighted by Crippen LogP contribution is -2.46. The molecule has 1 aromatic heterocycles. The maximum Gasteiger partial charge on any atom is 0.0554 e. The van der Waals surface area contributed by atoms with Crippen molar-refractivity contribution in [2.75, 3.05) is 36.0 Å². The molecule has 4 nitrogen and oxygen atoms in total. The first-order valence-corrected chi connectivity index (χ1v) is 7.54. The molecular weight excluding hydrogens is 284 g/mol. The van der Waals surface area contributed by atoms with Crippen LogP contribution in [-0.4, -0.2) is 31.2 Å². The predicted octanol–water partition coefficient (Wildman–Crippen LogP) is 2.52. The van der Waals surface area contributed by atoms with Crippen LogP contribution < -0.4 is 15.5 Å². The summed E-state index contributed by atoms with van der Waals surface area (Å²) in [6.45, 7) is 4.48. The van der Waals surface area contributed by atoms with Crippen molar-refractivity contribution in [3.8, 4) is 0 Å². The number of nitrogens with zero attached hydrogens (tertiary/aromatic N) is 3. The maximum atomic E-state index is 5.94. The molecule has 1 aliphatic rings. The first kappa shape index (κ1) is 14.2. The zero-order valence-electron chi connectivity index (χ0n) is 11.9. The molecule has 0 unspecified atom stereocenters. The van der Waals surface area contributed by atoms with Gasteiger partial charge in [-0.1, -0.05) is 11.6 Å². The van der Waals surface area contributed by atoms with Gasteiger partial charge in [0, 0.05) is 43.4 Å². The average molecular weight is 303 g/mol. The number of pyridine rings is 1. The minimum atomic E-state index is 0.491. The summed E-state index contributed by atoms with van der Waals surface area (Å²) in [7, 11) is 0. The van der Waals surface area contributed by atoms with Gasteiger partial charge in [-0.2, -0.15) is 0 Å². The van der Waals surface area contributed by atoms with Gasteiger partial charge < -0.3 is 15.5 Å². The Bertz CT molecular complexity index is 574. The van der Waals surface area contributed by atoms with Gasteiger partial charge in [-0.15, -0.1) is 0 Å². The summed E-state index contributed by atoms with van der Waals surface area (Å²) in [4.78, 5) is 9.11. The normalized spacial score (nSPS) is 15.3. The quantitative estimate of drug-likeness (QED) is 0.946. The minimum Gasteiger partial charge on any atom is -0.368 e. The summed E-state index contributed by atoms with van der Waals surface area (Å²) in [6.07, 6.45) is 1.92. The molecule has 0 bridgehead atoms. The third-order valence-electron chi connectivity index (χ3n) is 3.85. The molecule has 0 radical (unpaired) electrons. The highest BCUT2D eigenvalue weighted by Gasteiger charge is 2.17. The van der Waals surface area contributed by atoms with Crippen molar-refractivity contribution in [2.24, 2.45) is 5.73 Å². The van der Waals surface area contributed by atoms with Gasteiger partial charge in [0.15, 0.2) is 0 Å². The number of benzene rings is 1. The topological polar surface area (TPSA) is 45.4 Å². The Morgan fingerprint density at radius 2 is 1.48 bits per heavy atom. The molecule has 2 N–H and O–H groups in total. The van der Waals surface area contributed by atoms with Crippen molar-refractivity contribution in [3.05, 3.63) is 53.3 Å². The van der Waals surface area contributed by atoms with Crippen LogP contribution >= 0.6 is 11.6 Å². The molecule has 1 saturated heterocycles. The van der Waals surface area contributed by atoms with E-state index in [0.29, 0.717) is 6.54 Å². The number of hydrogen-bond donors (Lipinski definition) is 1. The van der Waals surface area contributed by atoms with Gasteiger partial charge in [0.1, 0.15) is 0 Å². The number of nitrogens with two attached hydrogens (primary N) is 1. The lowest BCUT2D eigenvalue weighted by Gasteiger charge is -2.37. The third-order valence-corrected chi connectivity index (χ3v) is 4.11. The van der Waals surface area contributed by atoms with Gasteiger partial charge in [-0.3, -0.25) is 4.98 Å². The highest BCUT2D eigenvalue weighted by molar-refractivity contribution is 6.30. The molecule has 21 heavy (non-hydrogen) atoms. The Morgan fingerprint density at radius 1 is 0.905 bits per heavy atom. The fourth-order valence-electron chi connectivity index (χ4n) is 2.60. The van der Waals surface area contributed by atoms with E-state index in [9.17, 15) is 0 Å². The Balaban J connectivity index is 1.62. The van der Waals surface area contributed by atoms with E-state index in [0.717, 1.165) is 36.9 Å². The van der Waals surface area contributed by atoms with Crippen LogP contribution in [0.2, 0.25) is 5.02 Å². The molecular formula is C16H19ClN4. The van der Waals surface area contributed by atoms with Crippen molar-refractivity contribution in [2.45, 2.75) is 6.54 Å². The highest BCUT2D eigenvalue weighted by Crippen LogP contribution is 2.21. The maximum absolute atomic E-state index is 5.94. The van der Waals surface area contributed by atoms with Crippen molar-refractivity contribution in [1.82, 2.24) is 4.98 Å². The van der Waals surface area contributed by atoms with E-state index in [1.54, 1.807) is 0 Å². The largest absolute Gasteiger partial charge is 0.368 e. The number of rotatable bonds is 3. The summed E-state index contributed by atoms with van der Waals surface area (Å²) in [5.41, 5.74) is 8.91. The van der Waals surface area contributed by atoms with Crippen molar-refractivity contribution in [1.29, 1.82) is 0 Å². The molecule has 3 rings (SSSR count). The third kappa shape index (κ3) is 3.28. The molecule has 2 aromatic rings. The first-order chi connectivity index (χ1) is 10.3. The van der Waals surface area contributed by atoms with Crippen LogP contribution in [-0.2, 0) is 6.54 Å². The lowest BCUT2D eigenvalue weighted by molar-refractivity contribution is 0.652. The second-order valence-electron chi connectivity index (χ2n) is 5.16. The van der Waals surface area contributed by atoms with Crippen LogP contribution in [0.1, 0.15) is 5.69 Å². The molecule has 110 valence electrons. The van der Waals surface area contributed by atoms with Crippen LogP contribution in [0.4, 0.5) is 11.4 Å². The van der Waals surface area contributed by atoms with Crippen molar-refractivity contribution < 1.29 is 0 Å². The minimum absolute atomic E-state index is 0.491. The number of aromatic nitrogens is 1. The van der Waals surface area contributed by atoms with Gasteiger partial charge in [0.05, 0.1) is 17.6 Å². The monoisotopic (exact) mass is 302 g/mol. The zero-order chi connectivity index (χ0) is 14.7. The van der Waals surface area contributed by atoms with Gasteiger partial charge in [0.2, 0.25) is 0 Å². The summed E-state index contributed by atoms with van der Waals surface area (Å²) < 4.78 is 0. The van der Waals surface area contributed by atoms with Crippen LogP contribution in [0.3, 0.4) is 0 Å². The van der Waals surface area contributed by atoms with Crippen LogP contribution in [0, 0.1) is 0 Å². The lowest BCUT2D eigenvalue weighted by atomic mass is 10.2. The van der Waals surface area contributed by atoms with E-state index in [-0.39, 0.29) is 0 Å². The number of piperazine rings is 1. The predicted molar refractivity (Wildman–Crippen MR) is 88.0 cm³/mol. The Morgan fingerprint density at radius 3 is 2.00 bits per heavy atom. The smallest absolute Gasteiger partial charge is 0.0554 e. The molecule has 0 atom stereocenters. The van der Waals surface area contributed by atoms with E-state index in [2.05, 4.69) is 33.0 Å².